The molecule has 0 radical (unpaired) electrons. The Morgan fingerprint density at radius 1 is 1.37 bits per heavy atom. The molecule has 0 heterocycles. The van der Waals surface area contributed by atoms with Crippen molar-refractivity contribution in [3.8, 4) is 0 Å². The Bertz CT molecular complexity index is 384. The van der Waals surface area contributed by atoms with Crippen molar-refractivity contribution in [1.82, 2.24) is 5.43 Å². The second kappa shape index (κ2) is 8.51. The van der Waals surface area contributed by atoms with E-state index in [0.717, 1.165) is 18.4 Å². The minimum absolute atomic E-state index is 0.135. The molecular weight excluding hydrogens is 263 g/mol. The summed E-state index contributed by atoms with van der Waals surface area (Å²) in [4.78, 5) is 0. The van der Waals surface area contributed by atoms with Gasteiger partial charge in [-0.1, -0.05) is 44.7 Å². The summed E-state index contributed by atoms with van der Waals surface area (Å²) in [5.74, 6) is 5.91. The number of hydrazine groups is 1. The fourth-order valence-corrected chi connectivity index (χ4v) is 2.65. The maximum absolute atomic E-state index is 13.3. The van der Waals surface area contributed by atoms with Gasteiger partial charge in [0.1, 0.15) is 5.82 Å². The van der Waals surface area contributed by atoms with Crippen LogP contribution in [0.5, 0.6) is 0 Å². The maximum Gasteiger partial charge on any atom is 0.123 e. The molecule has 0 aromatic heterocycles. The molecule has 0 fully saturated rings. The van der Waals surface area contributed by atoms with Gasteiger partial charge in [-0.25, -0.2) is 4.39 Å². The SMILES string of the molecule is CCCCC(CC)C(Cc1cc(F)ccc1Cl)NN. The van der Waals surface area contributed by atoms with Crippen molar-refractivity contribution < 1.29 is 4.39 Å². The fourth-order valence-electron chi connectivity index (χ4n) is 2.45. The molecule has 0 bridgehead atoms. The van der Waals surface area contributed by atoms with Crippen LogP contribution in [0.2, 0.25) is 5.02 Å². The predicted octanol–water partition coefficient (Wildman–Crippen LogP) is 4.07. The molecule has 0 saturated heterocycles. The Morgan fingerprint density at radius 2 is 2.11 bits per heavy atom. The van der Waals surface area contributed by atoms with E-state index in [1.807, 2.05) is 0 Å². The van der Waals surface area contributed by atoms with Crippen LogP contribution in [0.3, 0.4) is 0 Å². The van der Waals surface area contributed by atoms with Crippen molar-refractivity contribution in [1.29, 1.82) is 0 Å². The summed E-state index contributed by atoms with van der Waals surface area (Å²) in [6, 6.07) is 4.62. The van der Waals surface area contributed by atoms with Gasteiger partial charge in [0.05, 0.1) is 0 Å². The van der Waals surface area contributed by atoms with E-state index in [0.29, 0.717) is 17.4 Å². The highest BCUT2D eigenvalue weighted by Gasteiger charge is 2.20. The second-order valence-electron chi connectivity index (χ2n) is 5.02. The molecule has 1 rings (SSSR count). The summed E-state index contributed by atoms with van der Waals surface area (Å²) < 4.78 is 13.3. The van der Waals surface area contributed by atoms with Crippen molar-refractivity contribution in [2.75, 3.05) is 0 Å². The van der Waals surface area contributed by atoms with Gasteiger partial charge in [0, 0.05) is 11.1 Å². The lowest BCUT2D eigenvalue weighted by atomic mass is 9.88. The first kappa shape index (κ1) is 16.4. The van der Waals surface area contributed by atoms with Gasteiger partial charge in [-0.05, 0) is 42.5 Å². The zero-order valence-electron chi connectivity index (χ0n) is 11.8. The molecular formula is C15H24ClFN2. The lowest BCUT2D eigenvalue weighted by molar-refractivity contribution is 0.318. The lowest BCUT2D eigenvalue weighted by Crippen LogP contribution is -2.42. The van der Waals surface area contributed by atoms with E-state index in [9.17, 15) is 4.39 Å². The van der Waals surface area contributed by atoms with Crippen molar-refractivity contribution in [2.24, 2.45) is 11.8 Å². The highest BCUT2D eigenvalue weighted by atomic mass is 35.5. The maximum atomic E-state index is 13.3. The third kappa shape index (κ3) is 5.09. The first-order chi connectivity index (χ1) is 9.12. The van der Waals surface area contributed by atoms with Gasteiger partial charge in [-0.2, -0.15) is 0 Å². The van der Waals surface area contributed by atoms with Gasteiger partial charge >= 0.3 is 0 Å². The zero-order chi connectivity index (χ0) is 14.3. The first-order valence-electron chi connectivity index (χ1n) is 7.02. The van der Waals surface area contributed by atoms with Crippen LogP contribution >= 0.6 is 11.6 Å². The molecule has 2 atom stereocenters. The summed E-state index contributed by atoms with van der Waals surface area (Å²) in [5, 5.41) is 0.604. The number of halogens is 2. The van der Waals surface area contributed by atoms with Crippen LogP contribution in [0, 0.1) is 11.7 Å². The molecule has 108 valence electrons. The van der Waals surface area contributed by atoms with Crippen molar-refractivity contribution >= 4 is 11.6 Å². The Balaban J connectivity index is 2.76. The van der Waals surface area contributed by atoms with Crippen molar-refractivity contribution in [2.45, 2.75) is 52.0 Å². The second-order valence-corrected chi connectivity index (χ2v) is 5.43. The molecule has 1 aromatic carbocycles. The number of rotatable bonds is 8. The van der Waals surface area contributed by atoms with Crippen LogP contribution < -0.4 is 11.3 Å². The van der Waals surface area contributed by atoms with Gasteiger partial charge < -0.3 is 0 Å². The summed E-state index contributed by atoms with van der Waals surface area (Å²) in [6.45, 7) is 4.35. The topological polar surface area (TPSA) is 38.0 Å². The van der Waals surface area contributed by atoms with Gasteiger partial charge in [0.2, 0.25) is 0 Å². The highest BCUT2D eigenvalue weighted by Crippen LogP contribution is 2.24. The summed E-state index contributed by atoms with van der Waals surface area (Å²) in [5.41, 5.74) is 3.70. The molecule has 3 N–H and O–H groups in total. The molecule has 2 nitrogen and oxygen atoms in total. The van der Waals surface area contributed by atoms with Gasteiger partial charge in [0.25, 0.3) is 0 Å². The quantitative estimate of drug-likeness (QED) is 0.558. The zero-order valence-corrected chi connectivity index (χ0v) is 12.5. The average Bonchev–Trinajstić information content (AvgIpc) is 2.41. The average molecular weight is 287 g/mol. The lowest BCUT2D eigenvalue weighted by Gasteiger charge is -2.26. The van der Waals surface area contributed by atoms with Crippen molar-refractivity contribution in [3.05, 3.63) is 34.6 Å². The van der Waals surface area contributed by atoms with E-state index in [1.54, 1.807) is 6.07 Å². The van der Waals surface area contributed by atoms with Crippen LogP contribution in [0.4, 0.5) is 4.39 Å². The van der Waals surface area contributed by atoms with Gasteiger partial charge in [-0.3, -0.25) is 11.3 Å². The normalized spacial score (nSPS) is 14.4. The Labute approximate surface area is 120 Å². The highest BCUT2D eigenvalue weighted by molar-refractivity contribution is 6.31. The third-order valence-electron chi connectivity index (χ3n) is 3.68. The molecule has 1 aromatic rings. The Hall–Kier alpha value is -0.640. The predicted molar refractivity (Wildman–Crippen MR) is 79.5 cm³/mol. The molecule has 0 aliphatic carbocycles. The van der Waals surface area contributed by atoms with Crippen LogP contribution in [0.15, 0.2) is 18.2 Å². The molecule has 0 saturated carbocycles. The summed E-state index contributed by atoms with van der Waals surface area (Å²) >= 11 is 6.11. The number of benzene rings is 1. The largest absolute Gasteiger partial charge is 0.271 e. The fraction of sp³-hybridized carbons (Fsp3) is 0.600. The van der Waals surface area contributed by atoms with Crippen molar-refractivity contribution in [3.63, 3.8) is 0 Å². The number of hydrogen-bond acceptors (Lipinski definition) is 2. The van der Waals surface area contributed by atoms with E-state index in [-0.39, 0.29) is 11.9 Å². The molecule has 4 heteroatoms. The first-order valence-corrected chi connectivity index (χ1v) is 7.40. The summed E-state index contributed by atoms with van der Waals surface area (Å²) in [6.07, 6.45) is 5.22. The van der Waals surface area contributed by atoms with E-state index >= 15 is 0 Å². The molecule has 19 heavy (non-hydrogen) atoms. The number of unbranched alkanes of at least 4 members (excludes halogenated alkanes) is 1. The van der Waals surface area contributed by atoms with E-state index in [4.69, 9.17) is 17.4 Å². The number of nitrogens with one attached hydrogen (secondary N) is 1. The van der Waals surface area contributed by atoms with Crippen LogP contribution in [0.1, 0.15) is 45.1 Å². The van der Waals surface area contributed by atoms with E-state index in [1.165, 1.54) is 25.0 Å². The van der Waals surface area contributed by atoms with Crippen LogP contribution in [0.25, 0.3) is 0 Å². The van der Waals surface area contributed by atoms with E-state index in [2.05, 4.69) is 19.3 Å². The van der Waals surface area contributed by atoms with E-state index < -0.39 is 0 Å². The van der Waals surface area contributed by atoms with Crippen LogP contribution in [-0.4, -0.2) is 6.04 Å². The molecule has 0 amide bonds. The standard InChI is InChI=1S/C15H24ClFN2/c1-3-5-6-11(4-2)15(19-18)10-12-9-13(17)7-8-14(12)16/h7-9,11,15,19H,3-6,10,18H2,1-2H3. The Morgan fingerprint density at radius 3 is 2.68 bits per heavy atom. The molecule has 0 spiro atoms. The molecule has 0 aliphatic rings. The minimum Gasteiger partial charge on any atom is -0.271 e. The summed E-state index contributed by atoms with van der Waals surface area (Å²) in [7, 11) is 0. The molecule has 0 aliphatic heterocycles. The molecule has 2 unspecified atom stereocenters. The minimum atomic E-state index is -0.253. The van der Waals surface area contributed by atoms with Gasteiger partial charge in [0.15, 0.2) is 0 Å². The van der Waals surface area contributed by atoms with Crippen LogP contribution in [-0.2, 0) is 6.42 Å². The smallest absolute Gasteiger partial charge is 0.123 e. The number of nitrogens with two attached hydrogens (primary N) is 1. The monoisotopic (exact) mass is 286 g/mol. The third-order valence-corrected chi connectivity index (χ3v) is 4.05. The Kier molecular flexibility index (Phi) is 7.36. The van der Waals surface area contributed by atoms with Gasteiger partial charge in [-0.15, -0.1) is 0 Å². The number of hydrogen-bond donors (Lipinski definition) is 2.